The van der Waals surface area contributed by atoms with E-state index in [-0.39, 0.29) is 16.7 Å². The van der Waals surface area contributed by atoms with E-state index in [0.717, 1.165) is 11.5 Å². The van der Waals surface area contributed by atoms with Crippen molar-refractivity contribution in [3.63, 3.8) is 0 Å². The van der Waals surface area contributed by atoms with Gasteiger partial charge >= 0.3 is 5.97 Å². The molecule has 2 atom stereocenters. The first-order chi connectivity index (χ1) is 17.0. The number of rotatable bonds is 11. The zero-order chi connectivity index (χ0) is 24.5. The third-order valence-corrected chi connectivity index (χ3v) is 8.64. The van der Waals surface area contributed by atoms with Gasteiger partial charge in [-0.15, -0.1) is 23.5 Å². The normalized spacial score (nSPS) is 17.9. The Morgan fingerprint density at radius 1 is 0.886 bits per heavy atom. The van der Waals surface area contributed by atoms with Gasteiger partial charge in [-0.2, -0.15) is 0 Å². The van der Waals surface area contributed by atoms with Crippen LogP contribution in [0.2, 0.25) is 0 Å². The molecule has 3 aromatic carbocycles. The second-order valence-electron chi connectivity index (χ2n) is 8.94. The van der Waals surface area contributed by atoms with Gasteiger partial charge in [0.05, 0.1) is 16.8 Å². The Kier molecular flexibility index (Phi) is 9.32. The maximum atomic E-state index is 13.0. The molecule has 35 heavy (non-hydrogen) atoms. The third kappa shape index (κ3) is 8.14. The van der Waals surface area contributed by atoms with Crippen LogP contribution in [-0.4, -0.2) is 35.2 Å². The summed E-state index contributed by atoms with van der Waals surface area (Å²) in [5, 5.41) is 0. The van der Waals surface area contributed by atoms with E-state index < -0.39 is 11.9 Å². The van der Waals surface area contributed by atoms with E-state index in [0.29, 0.717) is 18.6 Å². The first kappa shape index (κ1) is 25.8. The summed E-state index contributed by atoms with van der Waals surface area (Å²) in [6.07, 6.45) is -0.0617. The Bertz CT molecular complexity index is 1000. The molecule has 184 valence electrons. The maximum absolute atomic E-state index is 13.0. The molecule has 0 radical (unpaired) electrons. The quantitative estimate of drug-likeness (QED) is 0.206. The van der Waals surface area contributed by atoms with Crippen molar-refractivity contribution in [2.24, 2.45) is 0 Å². The van der Waals surface area contributed by atoms with Gasteiger partial charge in [0.15, 0.2) is 5.79 Å². The lowest BCUT2D eigenvalue weighted by molar-refractivity contribution is -0.151. The number of esters is 1. The largest absolute Gasteiger partial charge is 0.456 e. The van der Waals surface area contributed by atoms with E-state index in [1.807, 2.05) is 67.7 Å². The molecule has 0 aliphatic carbocycles. The fourth-order valence-electron chi connectivity index (χ4n) is 3.85. The minimum Gasteiger partial charge on any atom is -0.456 e. The molecule has 0 amide bonds. The predicted octanol–water partition coefficient (Wildman–Crippen LogP) is 6.95. The van der Waals surface area contributed by atoms with Crippen molar-refractivity contribution < 1.29 is 19.0 Å². The minimum atomic E-state index is -0.689. The Balaban J connectivity index is 1.49. The SMILES string of the molecule is CC1(C)OC[C@@H]([C@H](CC(SCc2ccccc2)SCc2ccccc2)OC(=O)c2ccccc2)O1. The second kappa shape index (κ2) is 12.6. The lowest BCUT2D eigenvalue weighted by Gasteiger charge is -2.28. The first-order valence-electron chi connectivity index (χ1n) is 11.9. The van der Waals surface area contributed by atoms with Crippen LogP contribution in [0.25, 0.3) is 0 Å². The number of carbonyl (C=O) groups is 1. The van der Waals surface area contributed by atoms with Crippen LogP contribution in [0.5, 0.6) is 0 Å². The molecule has 1 saturated heterocycles. The number of ether oxygens (including phenoxy) is 3. The van der Waals surface area contributed by atoms with Crippen LogP contribution < -0.4 is 0 Å². The van der Waals surface area contributed by atoms with E-state index >= 15 is 0 Å². The van der Waals surface area contributed by atoms with Crippen molar-refractivity contribution in [2.75, 3.05) is 6.61 Å². The van der Waals surface area contributed by atoms with E-state index in [4.69, 9.17) is 14.2 Å². The van der Waals surface area contributed by atoms with Gasteiger partial charge in [-0.1, -0.05) is 78.9 Å². The molecule has 0 spiro atoms. The van der Waals surface area contributed by atoms with Gasteiger partial charge in [0.1, 0.15) is 12.2 Å². The van der Waals surface area contributed by atoms with Gasteiger partial charge in [-0.05, 0) is 37.1 Å². The molecular weight excluding hydrogens is 476 g/mol. The lowest BCUT2D eigenvalue weighted by Crippen LogP contribution is -2.36. The van der Waals surface area contributed by atoms with E-state index in [1.54, 1.807) is 12.1 Å². The standard InChI is InChI=1S/C29H32O4S2/c1-29(2)31-19-26(33-29)25(32-28(30)24-16-10-5-11-17-24)18-27(34-20-22-12-6-3-7-13-22)35-21-23-14-8-4-9-15-23/h3-17,25-27H,18-21H2,1-2H3/t25-,26-/m0/s1. The van der Waals surface area contributed by atoms with E-state index in [9.17, 15) is 4.79 Å². The fourth-order valence-corrected chi connectivity index (χ4v) is 6.44. The molecule has 1 aliphatic heterocycles. The van der Waals surface area contributed by atoms with Gasteiger partial charge in [0.25, 0.3) is 0 Å². The molecule has 1 fully saturated rings. The molecule has 1 heterocycles. The lowest BCUT2D eigenvalue weighted by atomic mass is 10.1. The summed E-state index contributed by atoms with van der Waals surface area (Å²) in [5.74, 6) is 0.760. The monoisotopic (exact) mass is 508 g/mol. The van der Waals surface area contributed by atoms with Crippen LogP contribution >= 0.6 is 23.5 Å². The molecule has 0 saturated carbocycles. The van der Waals surface area contributed by atoms with Crippen LogP contribution in [0, 0.1) is 0 Å². The van der Waals surface area contributed by atoms with Gasteiger partial charge in [-0.3, -0.25) is 0 Å². The summed E-state index contributed by atoms with van der Waals surface area (Å²) in [6.45, 7) is 4.20. The Morgan fingerprint density at radius 2 is 1.40 bits per heavy atom. The summed E-state index contributed by atoms with van der Waals surface area (Å²) in [4.78, 5) is 13.0. The first-order valence-corrected chi connectivity index (χ1v) is 14.0. The smallest absolute Gasteiger partial charge is 0.338 e. The zero-order valence-electron chi connectivity index (χ0n) is 20.2. The molecule has 4 nitrogen and oxygen atoms in total. The Morgan fingerprint density at radius 3 is 1.89 bits per heavy atom. The van der Waals surface area contributed by atoms with Crippen molar-refractivity contribution in [2.45, 2.75) is 54.4 Å². The summed E-state index contributed by atoms with van der Waals surface area (Å²) in [5.41, 5.74) is 3.10. The van der Waals surface area contributed by atoms with Gasteiger partial charge in [0, 0.05) is 17.9 Å². The molecule has 0 aromatic heterocycles. The van der Waals surface area contributed by atoms with Crippen molar-refractivity contribution in [3.8, 4) is 0 Å². The molecular formula is C29H32O4S2. The summed E-state index contributed by atoms with van der Waals surface area (Å²) in [6, 6.07) is 30.1. The Labute approximate surface area is 216 Å². The van der Waals surface area contributed by atoms with Crippen LogP contribution in [0.3, 0.4) is 0 Å². The molecule has 4 rings (SSSR count). The number of hydrogen-bond acceptors (Lipinski definition) is 6. The highest BCUT2D eigenvalue weighted by Crippen LogP contribution is 2.36. The summed E-state index contributed by atoms with van der Waals surface area (Å²) >= 11 is 3.76. The molecule has 6 heteroatoms. The molecule has 0 bridgehead atoms. The van der Waals surface area contributed by atoms with Gasteiger partial charge in [-0.25, -0.2) is 4.79 Å². The topological polar surface area (TPSA) is 44.8 Å². The Hall–Kier alpha value is -2.25. The van der Waals surface area contributed by atoms with Crippen LogP contribution in [0.1, 0.15) is 41.8 Å². The number of thioether (sulfide) groups is 2. The highest BCUT2D eigenvalue weighted by atomic mass is 32.2. The number of hydrogen-bond donors (Lipinski definition) is 0. The average molecular weight is 509 g/mol. The predicted molar refractivity (Wildman–Crippen MR) is 144 cm³/mol. The highest BCUT2D eigenvalue weighted by Gasteiger charge is 2.40. The van der Waals surface area contributed by atoms with Crippen molar-refractivity contribution in [1.82, 2.24) is 0 Å². The molecule has 0 N–H and O–H groups in total. The van der Waals surface area contributed by atoms with Crippen molar-refractivity contribution >= 4 is 29.5 Å². The van der Waals surface area contributed by atoms with Gasteiger partial charge in [0.2, 0.25) is 0 Å². The molecule has 0 unspecified atom stereocenters. The van der Waals surface area contributed by atoms with Crippen molar-refractivity contribution in [1.29, 1.82) is 0 Å². The average Bonchev–Trinajstić information content (AvgIpc) is 3.26. The van der Waals surface area contributed by atoms with E-state index in [1.165, 1.54) is 11.1 Å². The second-order valence-corrected chi connectivity index (χ2v) is 11.6. The third-order valence-electron chi connectivity index (χ3n) is 5.70. The minimum absolute atomic E-state index is 0.205. The fraction of sp³-hybridized carbons (Fsp3) is 0.345. The molecule has 1 aliphatic rings. The van der Waals surface area contributed by atoms with Crippen LogP contribution in [0.4, 0.5) is 0 Å². The van der Waals surface area contributed by atoms with Crippen molar-refractivity contribution in [3.05, 3.63) is 108 Å². The number of benzene rings is 3. The van der Waals surface area contributed by atoms with E-state index in [2.05, 4.69) is 48.5 Å². The summed E-state index contributed by atoms with van der Waals surface area (Å²) < 4.78 is 18.3. The zero-order valence-corrected chi connectivity index (χ0v) is 21.8. The van der Waals surface area contributed by atoms with Crippen LogP contribution in [-0.2, 0) is 25.7 Å². The van der Waals surface area contributed by atoms with Gasteiger partial charge < -0.3 is 14.2 Å². The summed E-state index contributed by atoms with van der Waals surface area (Å²) in [7, 11) is 0. The van der Waals surface area contributed by atoms with Crippen LogP contribution in [0.15, 0.2) is 91.0 Å². The highest BCUT2D eigenvalue weighted by molar-refractivity contribution is 8.16. The number of carbonyl (C=O) groups excluding carboxylic acids is 1. The maximum Gasteiger partial charge on any atom is 0.338 e. The molecule has 3 aromatic rings.